The zero-order valence-electron chi connectivity index (χ0n) is 14.4. The zero-order valence-corrected chi connectivity index (χ0v) is 14.4. The van der Waals surface area contributed by atoms with Crippen molar-refractivity contribution in [2.45, 2.75) is 13.0 Å². The molecule has 2 aromatic rings. The summed E-state index contributed by atoms with van der Waals surface area (Å²) in [5.41, 5.74) is 0.973. The lowest BCUT2D eigenvalue weighted by Crippen LogP contribution is -2.37. The Kier molecular flexibility index (Phi) is 6.48. The zero-order chi connectivity index (χ0) is 17.4. The van der Waals surface area contributed by atoms with Gasteiger partial charge in [0, 0.05) is 45.0 Å². The third-order valence-electron chi connectivity index (χ3n) is 3.50. The Morgan fingerprint density at radius 1 is 1.38 bits per heavy atom. The number of urea groups is 1. The fraction of sp³-hybridized carbons (Fsp3) is 0.412. The number of aryl methyl sites for hydroxylation is 1. The van der Waals surface area contributed by atoms with Gasteiger partial charge in [0.15, 0.2) is 0 Å². The van der Waals surface area contributed by atoms with Crippen molar-refractivity contribution >= 4 is 6.03 Å². The molecule has 0 unspecified atom stereocenters. The molecule has 24 heavy (non-hydrogen) atoms. The summed E-state index contributed by atoms with van der Waals surface area (Å²) in [7, 11) is 5.24. The van der Waals surface area contributed by atoms with Crippen LogP contribution < -0.4 is 14.8 Å². The largest absolute Gasteiger partial charge is 0.497 e. The van der Waals surface area contributed by atoms with E-state index >= 15 is 0 Å². The maximum absolute atomic E-state index is 12.0. The Morgan fingerprint density at radius 3 is 2.88 bits per heavy atom. The van der Waals surface area contributed by atoms with Gasteiger partial charge < -0.3 is 19.7 Å². The number of benzene rings is 1. The minimum atomic E-state index is -0.111. The smallest absolute Gasteiger partial charge is 0.317 e. The van der Waals surface area contributed by atoms with Crippen molar-refractivity contribution in [1.29, 1.82) is 0 Å². The van der Waals surface area contributed by atoms with Gasteiger partial charge >= 0.3 is 6.03 Å². The first kappa shape index (κ1) is 17.7. The second kappa shape index (κ2) is 8.81. The van der Waals surface area contributed by atoms with Crippen molar-refractivity contribution in [2.24, 2.45) is 7.05 Å². The van der Waals surface area contributed by atoms with Crippen LogP contribution in [0.1, 0.15) is 12.0 Å². The van der Waals surface area contributed by atoms with Gasteiger partial charge in [0.05, 0.1) is 19.9 Å². The molecule has 0 radical (unpaired) electrons. The van der Waals surface area contributed by atoms with E-state index in [4.69, 9.17) is 9.47 Å². The fourth-order valence-corrected chi connectivity index (χ4v) is 2.16. The highest BCUT2D eigenvalue weighted by atomic mass is 16.5. The number of carbonyl (C=O) groups is 1. The maximum Gasteiger partial charge on any atom is 0.317 e. The molecular formula is C17H24N4O3. The van der Waals surface area contributed by atoms with Crippen LogP contribution in [0.5, 0.6) is 11.5 Å². The minimum absolute atomic E-state index is 0.111. The Balaban J connectivity index is 1.64. The first-order chi connectivity index (χ1) is 11.6. The highest BCUT2D eigenvalue weighted by Crippen LogP contribution is 2.18. The molecule has 0 atom stereocenters. The first-order valence-corrected chi connectivity index (χ1v) is 7.82. The van der Waals surface area contributed by atoms with Gasteiger partial charge in [-0.3, -0.25) is 4.68 Å². The molecule has 1 aromatic carbocycles. The average molecular weight is 332 g/mol. The van der Waals surface area contributed by atoms with Gasteiger partial charge in [-0.1, -0.05) is 6.07 Å². The third kappa shape index (κ3) is 5.49. The van der Waals surface area contributed by atoms with Gasteiger partial charge in [-0.25, -0.2) is 4.79 Å². The Morgan fingerprint density at radius 2 is 2.17 bits per heavy atom. The molecule has 0 aliphatic rings. The summed E-state index contributed by atoms with van der Waals surface area (Å²) >= 11 is 0. The summed E-state index contributed by atoms with van der Waals surface area (Å²) in [6.45, 7) is 1.62. The molecule has 0 aliphatic heterocycles. The third-order valence-corrected chi connectivity index (χ3v) is 3.50. The molecule has 0 bridgehead atoms. The fourth-order valence-electron chi connectivity index (χ4n) is 2.16. The number of amides is 2. The van der Waals surface area contributed by atoms with E-state index in [-0.39, 0.29) is 6.03 Å². The van der Waals surface area contributed by atoms with Gasteiger partial charge in [0.2, 0.25) is 0 Å². The molecule has 1 aromatic heterocycles. The molecular weight excluding hydrogens is 308 g/mol. The second-order valence-corrected chi connectivity index (χ2v) is 5.48. The van der Waals surface area contributed by atoms with E-state index in [2.05, 4.69) is 10.4 Å². The summed E-state index contributed by atoms with van der Waals surface area (Å²) in [4.78, 5) is 13.6. The van der Waals surface area contributed by atoms with Crippen molar-refractivity contribution in [3.8, 4) is 11.5 Å². The van der Waals surface area contributed by atoms with E-state index in [9.17, 15) is 4.79 Å². The molecule has 7 nitrogen and oxygen atoms in total. The SMILES string of the molecule is COc1cccc(OCCCN(C)C(=O)NCc2cnn(C)c2)c1. The van der Waals surface area contributed by atoms with Gasteiger partial charge in [-0.05, 0) is 18.6 Å². The molecule has 2 amide bonds. The Hall–Kier alpha value is -2.70. The van der Waals surface area contributed by atoms with Crippen LogP contribution in [0.4, 0.5) is 4.79 Å². The average Bonchev–Trinajstić information content (AvgIpc) is 3.02. The van der Waals surface area contributed by atoms with Crippen LogP contribution in [0.25, 0.3) is 0 Å². The standard InChI is InChI=1S/C17H24N4O3/c1-20(17(22)18-11-14-12-19-21(2)13-14)8-5-9-24-16-7-4-6-15(10-16)23-3/h4,6-7,10,12-13H,5,8-9,11H2,1-3H3,(H,18,22). The second-order valence-electron chi connectivity index (χ2n) is 5.48. The number of ether oxygens (including phenoxy) is 2. The molecule has 1 N–H and O–H groups in total. The van der Waals surface area contributed by atoms with E-state index in [0.29, 0.717) is 19.7 Å². The number of nitrogens with zero attached hydrogens (tertiary/aromatic N) is 3. The van der Waals surface area contributed by atoms with Crippen LogP contribution in [0.2, 0.25) is 0 Å². The lowest BCUT2D eigenvalue weighted by molar-refractivity contribution is 0.203. The van der Waals surface area contributed by atoms with Crippen LogP contribution in [-0.2, 0) is 13.6 Å². The topological polar surface area (TPSA) is 68.6 Å². The highest BCUT2D eigenvalue weighted by Gasteiger charge is 2.08. The Bertz CT molecular complexity index is 657. The number of hydrogen-bond acceptors (Lipinski definition) is 4. The molecule has 7 heteroatoms. The number of hydrogen-bond donors (Lipinski definition) is 1. The summed E-state index contributed by atoms with van der Waals surface area (Å²) in [5, 5.41) is 6.93. The summed E-state index contributed by atoms with van der Waals surface area (Å²) in [6, 6.07) is 7.36. The molecule has 0 spiro atoms. The summed E-state index contributed by atoms with van der Waals surface area (Å²) in [5.74, 6) is 1.53. The maximum atomic E-state index is 12.0. The van der Waals surface area contributed by atoms with E-state index in [1.807, 2.05) is 37.5 Å². The molecule has 0 saturated carbocycles. The van der Waals surface area contributed by atoms with Crippen molar-refractivity contribution in [3.63, 3.8) is 0 Å². The van der Waals surface area contributed by atoms with Crippen LogP contribution >= 0.6 is 0 Å². The van der Waals surface area contributed by atoms with Crippen molar-refractivity contribution in [1.82, 2.24) is 20.0 Å². The van der Waals surface area contributed by atoms with E-state index in [0.717, 1.165) is 23.5 Å². The van der Waals surface area contributed by atoms with Crippen molar-refractivity contribution in [3.05, 3.63) is 42.2 Å². The first-order valence-electron chi connectivity index (χ1n) is 7.82. The number of methoxy groups -OCH3 is 1. The predicted octanol–water partition coefficient (Wildman–Crippen LogP) is 2.04. The monoisotopic (exact) mass is 332 g/mol. The number of aromatic nitrogens is 2. The molecule has 2 rings (SSSR count). The van der Waals surface area contributed by atoms with Crippen molar-refractivity contribution < 1.29 is 14.3 Å². The lowest BCUT2D eigenvalue weighted by Gasteiger charge is -2.17. The summed E-state index contributed by atoms with van der Waals surface area (Å²) in [6.07, 6.45) is 4.36. The van der Waals surface area contributed by atoms with Crippen LogP contribution in [-0.4, -0.2) is 48.0 Å². The van der Waals surface area contributed by atoms with Gasteiger partial charge in [0.1, 0.15) is 11.5 Å². The number of carbonyl (C=O) groups excluding carboxylic acids is 1. The van der Waals surface area contributed by atoms with Gasteiger partial charge in [0.25, 0.3) is 0 Å². The van der Waals surface area contributed by atoms with Crippen LogP contribution in [0.3, 0.4) is 0 Å². The number of nitrogens with one attached hydrogen (secondary N) is 1. The quantitative estimate of drug-likeness (QED) is 0.751. The predicted molar refractivity (Wildman–Crippen MR) is 91.2 cm³/mol. The molecule has 0 fully saturated rings. The van der Waals surface area contributed by atoms with E-state index < -0.39 is 0 Å². The molecule has 0 saturated heterocycles. The molecule has 1 heterocycles. The highest BCUT2D eigenvalue weighted by molar-refractivity contribution is 5.73. The molecule has 130 valence electrons. The van der Waals surface area contributed by atoms with E-state index in [1.165, 1.54) is 0 Å². The van der Waals surface area contributed by atoms with Crippen molar-refractivity contribution in [2.75, 3.05) is 27.3 Å². The Labute approximate surface area is 142 Å². The number of rotatable bonds is 8. The minimum Gasteiger partial charge on any atom is -0.497 e. The van der Waals surface area contributed by atoms with Gasteiger partial charge in [-0.15, -0.1) is 0 Å². The molecule has 0 aliphatic carbocycles. The summed E-state index contributed by atoms with van der Waals surface area (Å²) < 4.78 is 12.5. The normalized spacial score (nSPS) is 10.3. The lowest BCUT2D eigenvalue weighted by atomic mass is 10.3. The van der Waals surface area contributed by atoms with Gasteiger partial charge in [-0.2, -0.15) is 5.10 Å². The van der Waals surface area contributed by atoms with E-state index in [1.54, 1.807) is 29.9 Å². The van der Waals surface area contributed by atoms with Crippen LogP contribution in [0, 0.1) is 0 Å². The van der Waals surface area contributed by atoms with Crippen LogP contribution in [0.15, 0.2) is 36.7 Å².